The van der Waals surface area contributed by atoms with Crippen LogP contribution in [0.3, 0.4) is 0 Å². The van der Waals surface area contributed by atoms with Crippen LogP contribution < -0.4 is 0 Å². The van der Waals surface area contributed by atoms with E-state index in [2.05, 4.69) is 13.8 Å². The fourth-order valence-electron chi connectivity index (χ4n) is 3.90. The second kappa shape index (κ2) is 15.4. The van der Waals surface area contributed by atoms with Crippen molar-refractivity contribution in [1.29, 1.82) is 0 Å². The standard InChI is InChI=1S/C26H41FO4/c1-3-5-7-9-11-13-17-29-25(28)22-15-16-23(24(27)18-22)26-30-19-21(20-31-26)14-12-10-8-6-4-2/h15-16,18,21,26H,3-14,17,19-20H2,1-2H3. The number of benzene rings is 1. The zero-order valence-electron chi connectivity index (χ0n) is 19.5. The molecular formula is C26H41FO4. The SMILES string of the molecule is CCCCCCCCOC(=O)c1ccc(C2OCC(CCCCCCC)CO2)c(F)c1. The Balaban J connectivity index is 1.70. The molecule has 31 heavy (non-hydrogen) atoms. The zero-order chi connectivity index (χ0) is 22.3. The van der Waals surface area contributed by atoms with E-state index in [1.165, 1.54) is 57.4 Å². The first-order valence-electron chi connectivity index (χ1n) is 12.4. The summed E-state index contributed by atoms with van der Waals surface area (Å²) < 4.78 is 31.4. The molecule has 0 aromatic heterocycles. The van der Waals surface area contributed by atoms with Crippen LogP contribution in [0.2, 0.25) is 0 Å². The molecule has 0 N–H and O–H groups in total. The smallest absolute Gasteiger partial charge is 0.338 e. The van der Waals surface area contributed by atoms with Gasteiger partial charge in [0.2, 0.25) is 0 Å². The number of hydrogen-bond acceptors (Lipinski definition) is 4. The van der Waals surface area contributed by atoms with Gasteiger partial charge >= 0.3 is 5.97 Å². The molecule has 0 amide bonds. The van der Waals surface area contributed by atoms with Gasteiger partial charge in [-0.3, -0.25) is 0 Å². The van der Waals surface area contributed by atoms with Gasteiger partial charge < -0.3 is 14.2 Å². The number of ether oxygens (including phenoxy) is 3. The van der Waals surface area contributed by atoms with Crippen molar-refractivity contribution in [2.24, 2.45) is 5.92 Å². The van der Waals surface area contributed by atoms with Crippen molar-refractivity contribution in [2.75, 3.05) is 19.8 Å². The summed E-state index contributed by atoms with van der Waals surface area (Å²) in [6.45, 7) is 5.95. The van der Waals surface area contributed by atoms with E-state index in [1.807, 2.05) is 0 Å². The third-order valence-electron chi connectivity index (χ3n) is 5.90. The molecule has 0 radical (unpaired) electrons. The molecule has 176 valence electrons. The average molecular weight is 437 g/mol. The molecule has 2 rings (SSSR count). The Morgan fingerprint density at radius 1 is 0.935 bits per heavy atom. The van der Waals surface area contributed by atoms with Crippen molar-refractivity contribution < 1.29 is 23.4 Å². The fourth-order valence-corrected chi connectivity index (χ4v) is 3.90. The van der Waals surface area contributed by atoms with Crippen molar-refractivity contribution in [3.63, 3.8) is 0 Å². The van der Waals surface area contributed by atoms with Crippen molar-refractivity contribution in [1.82, 2.24) is 0 Å². The highest BCUT2D eigenvalue weighted by molar-refractivity contribution is 5.89. The second-order valence-electron chi connectivity index (χ2n) is 8.71. The van der Waals surface area contributed by atoms with Crippen LogP contribution >= 0.6 is 0 Å². The van der Waals surface area contributed by atoms with Gasteiger partial charge in [-0.25, -0.2) is 9.18 Å². The first-order valence-corrected chi connectivity index (χ1v) is 12.4. The lowest BCUT2D eigenvalue weighted by Crippen LogP contribution is -2.27. The number of carbonyl (C=O) groups excluding carboxylic acids is 1. The highest BCUT2D eigenvalue weighted by atomic mass is 19.1. The topological polar surface area (TPSA) is 44.8 Å². The molecule has 1 fully saturated rings. The monoisotopic (exact) mass is 436 g/mol. The van der Waals surface area contributed by atoms with Crippen molar-refractivity contribution in [2.45, 2.75) is 97.2 Å². The summed E-state index contributed by atoms with van der Waals surface area (Å²) in [5.74, 6) is -0.596. The predicted molar refractivity (Wildman–Crippen MR) is 122 cm³/mol. The van der Waals surface area contributed by atoms with Gasteiger partial charge in [0, 0.05) is 11.5 Å². The van der Waals surface area contributed by atoms with E-state index < -0.39 is 18.1 Å². The van der Waals surface area contributed by atoms with E-state index in [0.29, 0.717) is 31.3 Å². The van der Waals surface area contributed by atoms with Crippen LogP contribution in [-0.2, 0) is 14.2 Å². The van der Waals surface area contributed by atoms with E-state index in [-0.39, 0.29) is 5.56 Å². The van der Waals surface area contributed by atoms with Gasteiger partial charge in [-0.15, -0.1) is 0 Å². The van der Waals surface area contributed by atoms with Crippen LogP contribution in [-0.4, -0.2) is 25.8 Å². The first-order chi connectivity index (χ1) is 15.2. The van der Waals surface area contributed by atoms with E-state index in [1.54, 1.807) is 12.1 Å². The second-order valence-corrected chi connectivity index (χ2v) is 8.71. The maximum absolute atomic E-state index is 14.6. The van der Waals surface area contributed by atoms with Gasteiger partial charge in [-0.2, -0.15) is 0 Å². The molecule has 0 saturated carbocycles. The Labute approximate surface area is 187 Å². The summed E-state index contributed by atoms with van der Waals surface area (Å²) in [5.41, 5.74) is 0.571. The lowest BCUT2D eigenvalue weighted by atomic mass is 10.0. The average Bonchev–Trinajstić information content (AvgIpc) is 2.78. The minimum Gasteiger partial charge on any atom is -0.462 e. The Bertz CT molecular complexity index is 626. The third-order valence-corrected chi connectivity index (χ3v) is 5.90. The highest BCUT2D eigenvalue weighted by Gasteiger charge is 2.26. The van der Waals surface area contributed by atoms with Gasteiger partial charge in [-0.05, 0) is 25.0 Å². The molecule has 5 heteroatoms. The van der Waals surface area contributed by atoms with Gasteiger partial charge in [0.15, 0.2) is 6.29 Å². The number of unbranched alkanes of at least 4 members (excludes halogenated alkanes) is 9. The molecular weight excluding hydrogens is 395 g/mol. The van der Waals surface area contributed by atoms with Crippen molar-refractivity contribution >= 4 is 5.97 Å². The predicted octanol–water partition coefficient (Wildman–Crippen LogP) is 7.37. The molecule has 0 spiro atoms. The molecule has 1 saturated heterocycles. The first kappa shape index (κ1) is 25.8. The lowest BCUT2D eigenvalue weighted by Gasteiger charge is -2.30. The summed E-state index contributed by atoms with van der Waals surface area (Å²) in [6, 6.07) is 4.40. The van der Waals surface area contributed by atoms with E-state index in [0.717, 1.165) is 25.7 Å². The van der Waals surface area contributed by atoms with Gasteiger partial charge in [0.25, 0.3) is 0 Å². The molecule has 0 aliphatic carbocycles. The van der Waals surface area contributed by atoms with E-state index in [4.69, 9.17) is 14.2 Å². The zero-order valence-corrected chi connectivity index (χ0v) is 19.5. The normalized spacial score (nSPS) is 18.8. The Kier molecular flexibility index (Phi) is 12.8. The fraction of sp³-hybridized carbons (Fsp3) is 0.731. The minimum absolute atomic E-state index is 0.230. The van der Waals surface area contributed by atoms with Crippen LogP contribution in [0, 0.1) is 11.7 Å². The molecule has 1 heterocycles. The Morgan fingerprint density at radius 3 is 2.19 bits per heavy atom. The third kappa shape index (κ3) is 9.69. The van der Waals surface area contributed by atoms with Crippen LogP contribution in [0.25, 0.3) is 0 Å². The van der Waals surface area contributed by atoms with Gasteiger partial charge in [0.1, 0.15) is 5.82 Å². The summed E-state index contributed by atoms with van der Waals surface area (Å²) in [7, 11) is 0. The number of esters is 1. The molecule has 4 nitrogen and oxygen atoms in total. The van der Waals surface area contributed by atoms with Crippen molar-refractivity contribution in [3.05, 3.63) is 35.1 Å². The molecule has 1 aliphatic rings. The van der Waals surface area contributed by atoms with E-state index >= 15 is 0 Å². The Morgan fingerprint density at radius 2 is 1.55 bits per heavy atom. The van der Waals surface area contributed by atoms with Crippen molar-refractivity contribution in [3.8, 4) is 0 Å². The number of halogens is 1. The van der Waals surface area contributed by atoms with Crippen LogP contribution in [0.4, 0.5) is 4.39 Å². The lowest BCUT2D eigenvalue weighted by molar-refractivity contribution is -0.207. The molecule has 0 bridgehead atoms. The molecule has 0 unspecified atom stereocenters. The highest BCUT2D eigenvalue weighted by Crippen LogP contribution is 2.29. The molecule has 1 aromatic carbocycles. The number of carbonyl (C=O) groups is 1. The summed E-state index contributed by atoms with van der Waals surface area (Å²) in [5, 5.41) is 0. The van der Waals surface area contributed by atoms with Crippen LogP contribution in [0.15, 0.2) is 18.2 Å². The van der Waals surface area contributed by atoms with E-state index in [9.17, 15) is 9.18 Å². The largest absolute Gasteiger partial charge is 0.462 e. The molecule has 0 atom stereocenters. The maximum atomic E-state index is 14.6. The maximum Gasteiger partial charge on any atom is 0.338 e. The van der Waals surface area contributed by atoms with Gasteiger partial charge in [-0.1, -0.05) is 84.1 Å². The summed E-state index contributed by atoms with van der Waals surface area (Å²) in [6.07, 6.45) is 13.4. The molecule has 1 aliphatic heterocycles. The summed E-state index contributed by atoms with van der Waals surface area (Å²) in [4.78, 5) is 12.2. The number of rotatable bonds is 15. The Hall–Kier alpha value is -1.46. The van der Waals surface area contributed by atoms with Crippen LogP contribution in [0.1, 0.15) is 113 Å². The summed E-state index contributed by atoms with van der Waals surface area (Å²) >= 11 is 0. The number of hydrogen-bond donors (Lipinski definition) is 0. The quantitative estimate of drug-likeness (QED) is 0.213. The van der Waals surface area contributed by atoms with Crippen LogP contribution in [0.5, 0.6) is 0 Å². The minimum atomic E-state index is -0.704. The molecule has 1 aromatic rings. The van der Waals surface area contributed by atoms with Gasteiger partial charge in [0.05, 0.1) is 25.4 Å².